The first-order valence-corrected chi connectivity index (χ1v) is 8.40. The van der Waals surface area contributed by atoms with Crippen LogP contribution in [0.15, 0.2) is 48.8 Å². The fourth-order valence-electron chi connectivity index (χ4n) is 3.31. The van der Waals surface area contributed by atoms with Gasteiger partial charge in [-0.05, 0) is 35.9 Å². The fraction of sp³-hybridized carbons (Fsp3) is 0.263. The first-order chi connectivity index (χ1) is 12.2. The van der Waals surface area contributed by atoms with Crippen molar-refractivity contribution in [1.29, 1.82) is 0 Å². The van der Waals surface area contributed by atoms with Crippen LogP contribution in [0.1, 0.15) is 5.56 Å². The maximum atomic E-state index is 13.3. The van der Waals surface area contributed by atoms with Crippen molar-refractivity contribution in [2.75, 3.05) is 31.1 Å². The number of amides is 1. The number of carbonyl (C=O) groups excluding carboxylic acids is 1. The smallest absolute Gasteiger partial charge is 0.227 e. The van der Waals surface area contributed by atoms with Gasteiger partial charge in [0.15, 0.2) is 0 Å². The minimum absolute atomic E-state index is 0.103. The number of carbonyl (C=O) groups is 1. The van der Waals surface area contributed by atoms with Gasteiger partial charge >= 0.3 is 0 Å². The molecule has 1 aromatic carbocycles. The monoisotopic (exact) mass is 338 g/mol. The molecule has 3 aromatic rings. The third-order valence-electron chi connectivity index (χ3n) is 4.68. The minimum atomic E-state index is -0.280. The van der Waals surface area contributed by atoms with Crippen molar-refractivity contribution >= 4 is 22.6 Å². The van der Waals surface area contributed by atoms with Crippen LogP contribution in [-0.4, -0.2) is 47.0 Å². The van der Waals surface area contributed by atoms with Gasteiger partial charge in [0.05, 0.1) is 6.42 Å². The molecule has 1 aliphatic heterocycles. The van der Waals surface area contributed by atoms with Gasteiger partial charge in [0.1, 0.15) is 11.6 Å². The number of benzene rings is 1. The topological polar surface area (TPSA) is 52.2 Å². The van der Waals surface area contributed by atoms with Crippen LogP contribution in [0.4, 0.5) is 10.2 Å². The van der Waals surface area contributed by atoms with E-state index in [1.807, 2.05) is 23.1 Å². The first kappa shape index (κ1) is 15.6. The molecule has 0 saturated carbocycles. The van der Waals surface area contributed by atoms with E-state index in [0.717, 1.165) is 35.4 Å². The van der Waals surface area contributed by atoms with Crippen molar-refractivity contribution in [1.82, 2.24) is 14.9 Å². The van der Waals surface area contributed by atoms with Gasteiger partial charge in [-0.3, -0.25) is 4.79 Å². The van der Waals surface area contributed by atoms with E-state index in [9.17, 15) is 9.18 Å². The third kappa shape index (κ3) is 3.20. The van der Waals surface area contributed by atoms with Crippen molar-refractivity contribution in [3.63, 3.8) is 0 Å². The molecule has 1 N–H and O–H groups in total. The molecule has 0 atom stereocenters. The van der Waals surface area contributed by atoms with Crippen molar-refractivity contribution in [2.24, 2.45) is 0 Å². The number of fused-ring (bicyclic) bond motifs is 1. The predicted octanol–water partition coefficient (Wildman–Crippen LogP) is 2.59. The van der Waals surface area contributed by atoms with Gasteiger partial charge < -0.3 is 14.8 Å². The molecule has 3 heterocycles. The highest BCUT2D eigenvalue weighted by atomic mass is 19.1. The third-order valence-corrected chi connectivity index (χ3v) is 4.68. The Balaban J connectivity index is 1.40. The lowest BCUT2D eigenvalue weighted by molar-refractivity contribution is -0.130. The van der Waals surface area contributed by atoms with E-state index < -0.39 is 0 Å². The van der Waals surface area contributed by atoms with E-state index in [1.165, 1.54) is 12.1 Å². The molecule has 1 amide bonds. The van der Waals surface area contributed by atoms with Crippen LogP contribution < -0.4 is 4.90 Å². The van der Waals surface area contributed by atoms with Gasteiger partial charge in [-0.15, -0.1) is 0 Å². The van der Waals surface area contributed by atoms with E-state index in [4.69, 9.17) is 0 Å². The zero-order valence-corrected chi connectivity index (χ0v) is 13.8. The molecule has 0 radical (unpaired) electrons. The summed E-state index contributed by atoms with van der Waals surface area (Å²) in [5.74, 6) is 0.775. The zero-order valence-electron chi connectivity index (χ0n) is 13.8. The largest absolute Gasteiger partial charge is 0.361 e. The van der Waals surface area contributed by atoms with Gasteiger partial charge in [0.2, 0.25) is 5.91 Å². The van der Waals surface area contributed by atoms with Gasteiger partial charge in [0.25, 0.3) is 0 Å². The van der Waals surface area contributed by atoms with E-state index >= 15 is 0 Å². The van der Waals surface area contributed by atoms with Crippen LogP contribution in [0.3, 0.4) is 0 Å². The highest BCUT2D eigenvalue weighted by Gasteiger charge is 2.22. The molecule has 1 aliphatic rings. The van der Waals surface area contributed by atoms with Gasteiger partial charge in [-0.25, -0.2) is 9.37 Å². The molecular formula is C19H19FN4O. The molecular weight excluding hydrogens is 319 g/mol. The van der Waals surface area contributed by atoms with Crippen LogP contribution in [0, 0.1) is 5.82 Å². The Morgan fingerprint density at radius 3 is 2.76 bits per heavy atom. The van der Waals surface area contributed by atoms with Crippen LogP contribution in [0.25, 0.3) is 10.9 Å². The fourth-order valence-corrected chi connectivity index (χ4v) is 3.31. The summed E-state index contributed by atoms with van der Waals surface area (Å²) < 4.78 is 13.3. The number of piperazine rings is 1. The molecule has 25 heavy (non-hydrogen) atoms. The zero-order chi connectivity index (χ0) is 17.2. The van der Waals surface area contributed by atoms with E-state index in [1.54, 1.807) is 18.5 Å². The summed E-state index contributed by atoms with van der Waals surface area (Å²) in [5.41, 5.74) is 1.63. The highest BCUT2D eigenvalue weighted by molar-refractivity contribution is 5.89. The summed E-state index contributed by atoms with van der Waals surface area (Å²) in [6.45, 7) is 2.93. The molecule has 0 aliphatic carbocycles. The van der Waals surface area contributed by atoms with Gasteiger partial charge in [0, 0.05) is 49.5 Å². The normalized spacial score (nSPS) is 14.9. The number of hydrogen-bond acceptors (Lipinski definition) is 3. The number of hydrogen-bond donors (Lipinski definition) is 1. The summed E-state index contributed by atoms with van der Waals surface area (Å²) in [7, 11) is 0. The Labute approximate surface area is 145 Å². The van der Waals surface area contributed by atoms with Crippen LogP contribution in [0.5, 0.6) is 0 Å². The molecule has 6 heteroatoms. The Hall–Kier alpha value is -2.89. The average Bonchev–Trinajstić information content (AvgIpc) is 3.04. The van der Waals surface area contributed by atoms with E-state index in [-0.39, 0.29) is 11.7 Å². The first-order valence-electron chi connectivity index (χ1n) is 8.40. The van der Waals surface area contributed by atoms with Crippen molar-refractivity contribution < 1.29 is 9.18 Å². The number of halogens is 1. The van der Waals surface area contributed by atoms with Crippen LogP contribution >= 0.6 is 0 Å². The number of pyridine rings is 1. The summed E-state index contributed by atoms with van der Waals surface area (Å²) in [6.07, 6.45) is 3.91. The standard InChI is InChI=1S/C19H19FN4O/c20-15-4-5-16-14(13-22-17(16)12-15)11-19(25)24-9-7-23(8-10-24)18-3-1-2-6-21-18/h1-6,12-13,22H,7-11H2. The van der Waals surface area contributed by atoms with Crippen molar-refractivity contribution in [3.05, 3.63) is 60.2 Å². The molecule has 0 unspecified atom stereocenters. The lowest BCUT2D eigenvalue weighted by atomic mass is 10.1. The second-order valence-electron chi connectivity index (χ2n) is 6.24. The second kappa shape index (κ2) is 6.55. The molecule has 4 rings (SSSR count). The lowest BCUT2D eigenvalue weighted by Crippen LogP contribution is -2.49. The average molecular weight is 338 g/mol. The minimum Gasteiger partial charge on any atom is -0.361 e. The Kier molecular flexibility index (Phi) is 4.09. The Morgan fingerprint density at radius 1 is 1.16 bits per heavy atom. The predicted molar refractivity (Wildman–Crippen MR) is 95.0 cm³/mol. The second-order valence-corrected chi connectivity index (χ2v) is 6.24. The molecule has 1 saturated heterocycles. The van der Waals surface area contributed by atoms with Crippen LogP contribution in [0.2, 0.25) is 0 Å². The lowest BCUT2D eigenvalue weighted by Gasteiger charge is -2.35. The number of nitrogens with one attached hydrogen (secondary N) is 1. The highest BCUT2D eigenvalue weighted by Crippen LogP contribution is 2.21. The maximum Gasteiger partial charge on any atom is 0.227 e. The Bertz CT molecular complexity index is 885. The molecule has 5 nitrogen and oxygen atoms in total. The summed E-state index contributed by atoms with van der Waals surface area (Å²) >= 11 is 0. The molecule has 128 valence electrons. The van der Waals surface area contributed by atoms with Crippen LogP contribution in [-0.2, 0) is 11.2 Å². The molecule has 2 aromatic heterocycles. The summed E-state index contributed by atoms with van der Waals surface area (Å²) in [5, 5.41) is 0.905. The van der Waals surface area contributed by atoms with Crippen molar-refractivity contribution in [3.8, 4) is 0 Å². The number of aromatic amines is 1. The number of aromatic nitrogens is 2. The molecule has 0 spiro atoms. The Morgan fingerprint density at radius 2 is 2.00 bits per heavy atom. The molecule has 0 bridgehead atoms. The summed E-state index contributed by atoms with van der Waals surface area (Å²) in [6, 6.07) is 10.5. The quantitative estimate of drug-likeness (QED) is 0.799. The van der Waals surface area contributed by atoms with E-state index in [2.05, 4.69) is 14.9 Å². The van der Waals surface area contributed by atoms with Gasteiger partial charge in [-0.1, -0.05) is 6.07 Å². The summed E-state index contributed by atoms with van der Waals surface area (Å²) in [4.78, 5) is 24.1. The SMILES string of the molecule is O=C(Cc1c[nH]c2cc(F)ccc12)N1CCN(c2ccccn2)CC1. The number of rotatable bonds is 3. The van der Waals surface area contributed by atoms with Crippen molar-refractivity contribution in [2.45, 2.75) is 6.42 Å². The van der Waals surface area contributed by atoms with Gasteiger partial charge in [-0.2, -0.15) is 0 Å². The maximum absolute atomic E-state index is 13.3. The number of H-pyrrole nitrogens is 1. The van der Waals surface area contributed by atoms with E-state index in [0.29, 0.717) is 19.5 Å². The molecule has 1 fully saturated rings. The number of anilines is 1. The number of nitrogens with zero attached hydrogens (tertiary/aromatic N) is 3.